The Labute approximate surface area is 59.9 Å². The Morgan fingerprint density at radius 2 is 2.40 bits per heavy atom. The van der Waals surface area contributed by atoms with Gasteiger partial charge in [-0.05, 0) is 13.3 Å². The van der Waals surface area contributed by atoms with Crippen molar-refractivity contribution in [2.45, 2.75) is 31.2 Å². The van der Waals surface area contributed by atoms with Crippen LogP contribution in [0.3, 0.4) is 0 Å². The van der Waals surface area contributed by atoms with Crippen LogP contribution < -0.4 is 0 Å². The Balaban J connectivity index is 2.21. The van der Waals surface area contributed by atoms with Gasteiger partial charge in [0.15, 0.2) is 0 Å². The van der Waals surface area contributed by atoms with Crippen LogP contribution in [-0.4, -0.2) is 36.1 Å². The highest BCUT2D eigenvalue weighted by Gasteiger charge is 2.51. The van der Waals surface area contributed by atoms with Crippen molar-refractivity contribution in [2.24, 2.45) is 0 Å². The van der Waals surface area contributed by atoms with Crippen LogP contribution in [0, 0.1) is 0 Å². The van der Waals surface area contributed by atoms with E-state index in [1.807, 2.05) is 6.92 Å². The summed E-state index contributed by atoms with van der Waals surface area (Å²) in [5.41, 5.74) is -0.403. The van der Waals surface area contributed by atoms with E-state index in [1.54, 1.807) is 0 Å². The van der Waals surface area contributed by atoms with E-state index in [9.17, 15) is 5.11 Å². The van der Waals surface area contributed by atoms with E-state index in [2.05, 4.69) is 0 Å². The predicted octanol–water partition coefficient (Wildman–Crippen LogP) is -0.0749. The van der Waals surface area contributed by atoms with Gasteiger partial charge in [0.25, 0.3) is 0 Å². The van der Waals surface area contributed by atoms with Crippen molar-refractivity contribution >= 4 is 0 Å². The van der Waals surface area contributed by atoms with Gasteiger partial charge in [0.2, 0.25) is 0 Å². The van der Waals surface area contributed by atoms with Gasteiger partial charge in [0.1, 0.15) is 11.7 Å². The topological polar surface area (TPSA) is 38.7 Å². The largest absolute Gasteiger partial charge is 0.388 e. The van der Waals surface area contributed by atoms with Gasteiger partial charge >= 0.3 is 0 Å². The Hall–Kier alpha value is -0.120. The minimum Gasteiger partial charge on any atom is -0.388 e. The molecular formula is C7H12O3. The van der Waals surface area contributed by atoms with Gasteiger partial charge in [-0.3, -0.25) is 0 Å². The summed E-state index contributed by atoms with van der Waals surface area (Å²) >= 11 is 0. The number of fused-ring (bicyclic) bond motifs is 1. The molecule has 2 fully saturated rings. The Kier molecular flexibility index (Phi) is 1.27. The molecule has 0 aromatic carbocycles. The smallest absolute Gasteiger partial charge is 0.119 e. The lowest BCUT2D eigenvalue weighted by Crippen LogP contribution is -2.41. The summed E-state index contributed by atoms with van der Waals surface area (Å²) in [6.45, 7) is 3.07. The molecule has 0 aromatic heterocycles. The molecule has 2 heterocycles. The van der Waals surface area contributed by atoms with Crippen molar-refractivity contribution in [1.29, 1.82) is 0 Å². The van der Waals surface area contributed by atoms with Gasteiger partial charge in [-0.15, -0.1) is 0 Å². The first-order valence-electron chi connectivity index (χ1n) is 3.67. The number of ether oxygens (including phenoxy) is 2. The van der Waals surface area contributed by atoms with Crippen molar-refractivity contribution in [3.63, 3.8) is 0 Å². The summed E-state index contributed by atoms with van der Waals surface area (Å²) in [6, 6.07) is 0. The molecule has 0 bridgehead atoms. The zero-order valence-corrected chi connectivity index (χ0v) is 6.04. The highest BCUT2D eigenvalue weighted by Crippen LogP contribution is 2.36. The molecule has 2 aliphatic rings. The van der Waals surface area contributed by atoms with Crippen molar-refractivity contribution in [1.82, 2.24) is 0 Å². The fourth-order valence-electron chi connectivity index (χ4n) is 1.70. The highest BCUT2D eigenvalue weighted by molar-refractivity contribution is 5.00. The summed E-state index contributed by atoms with van der Waals surface area (Å²) in [5.74, 6) is 0. The Morgan fingerprint density at radius 1 is 1.60 bits per heavy atom. The second-order valence-corrected chi connectivity index (χ2v) is 3.16. The molecule has 3 atom stereocenters. The van der Waals surface area contributed by atoms with Crippen molar-refractivity contribution < 1.29 is 14.6 Å². The van der Waals surface area contributed by atoms with Crippen LogP contribution in [0.1, 0.15) is 13.3 Å². The predicted molar refractivity (Wildman–Crippen MR) is 34.7 cm³/mol. The third-order valence-electron chi connectivity index (χ3n) is 2.55. The maximum Gasteiger partial charge on any atom is 0.119 e. The average Bonchev–Trinajstić information content (AvgIpc) is 2.36. The molecule has 0 spiro atoms. The molecule has 3 heteroatoms. The van der Waals surface area contributed by atoms with Crippen LogP contribution in [-0.2, 0) is 9.47 Å². The molecule has 2 unspecified atom stereocenters. The molecule has 3 nitrogen and oxygen atoms in total. The number of hydrogen-bond donors (Lipinski definition) is 1. The van der Waals surface area contributed by atoms with Crippen molar-refractivity contribution in [2.75, 3.05) is 13.2 Å². The number of aliphatic hydroxyl groups is 1. The van der Waals surface area contributed by atoms with Crippen LogP contribution in [0.15, 0.2) is 0 Å². The van der Waals surface area contributed by atoms with Gasteiger partial charge < -0.3 is 14.6 Å². The first kappa shape index (κ1) is 6.58. The normalized spacial score (nSPS) is 53.4. The zero-order valence-electron chi connectivity index (χ0n) is 6.04. The molecule has 0 aromatic rings. The van der Waals surface area contributed by atoms with Crippen LogP contribution in [0.5, 0.6) is 0 Å². The number of rotatable bonds is 0. The maximum atomic E-state index is 9.41. The monoisotopic (exact) mass is 144 g/mol. The minimum atomic E-state index is -0.431. The van der Waals surface area contributed by atoms with Crippen LogP contribution >= 0.6 is 0 Å². The molecule has 1 N–H and O–H groups in total. The third kappa shape index (κ3) is 0.654. The second-order valence-electron chi connectivity index (χ2n) is 3.16. The average molecular weight is 144 g/mol. The Morgan fingerprint density at radius 3 is 3.10 bits per heavy atom. The lowest BCUT2D eigenvalue weighted by atomic mass is 9.96. The quantitative estimate of drug-likeness (QED) is 0.517. The maximum absolute atomic E-state index is 9.41. The molecule has 2 aliphatic heterocycles. The SMILES string of the molecule is CC12OCCC1OC[C@@H]2O. The Bertz CT molecular complexity index is 148. The standard InChI is InChI=1S/C7H12O3/c1-7-5(8)4-9-6(7)2-3-10-7/h5-6,8H,2-4H2,1H3/t5-,6?,7?/m0/s1. The van der Waals surface area contributed by atoms with Crippen LogP contribution in [0.25, 0.3) is 0 Å². The van der Waals surface area contributed by atoms with Crippen LogP contribution in [0.4, 0.5) is 0 Å². The molecule has 10 heavy (non-hydrogen) atoms. The fourth-order valence-corrected chi connectivity index (χ4v) is 1.70. The molecule has 0 saturated carbocycles. The van der Waals surface area contributed by atoms with E-state index >= 15 is 0 Å². The molecule has 0 amide bonds. The van der Waals surface area contributed by atoms with Gasteiger partial charge in [-0.1, -0.05) is 0 Å². The molecule has 58 valence electrons. The van der Waals surface area contributed by atoms with Crippen LogP contribution in [0.2, 0.25) is 0 Å². The van der Waals surface area contributed by atoms with E-state index < -0.39 is 11.7 Å². The van der Waals surface area contributed by atoms with Gasteiger partial charge in [-0.25, -0.2) is 0 Å². The summed E-state index contributed by atoms with van der Waals surface area (Å²) in [6.07, 6.45) is 0.621. The van der Waals surface area contributed by atoms with E-state index in [-0.39, 0.29) is 6.10 Å². The van der Waals surface area contributed by atoms with Crippen molar-refractivity contribution in [3.8, 4) is 0 Å². The van der Waals surface area contributed by atoms with Crippen molar-refractivity contribution in [3.05, 3.63) is 0 Å². The summed E-state index contributed by atoms with van der Waals surface area (Å²) < 4.78 is 10.7. The molecule has 2 rings (SSSR count). The van der Waals surface area contributed by atoms with E-state index in [1.165, 1.54) is 0 Å². The molecular weight excluding hydrogens is 132 g/mol. The molecule has 2 saturated heterocycles. The second kappa shape index (κ2) is 1.94. The first-order valence-corrected chi connectivity index (χ1v) is 3.67. The van der Waals surface area contributed by atoms with E-state index in [4.69, 9.17) is 9.47 Å². The highest BCUT2D eigenvalue weighted by atomic mass is 16.6. The minimum absolute atomic E-state index is 0.127. The van der Waals surface area contributed by atoms with E-state index in [0.717, 1.165) is 13.0 Å². The first-order chi connectivity index (χ1) is 4.73. The molecule has 0 aliphatic carbocycles. The summed E-state index contributed by atoms with van der Waals surface area (Å²) in [4.78, 5) is 0. The lowest BCUT2D eigenvalue weighted by molar-refractivity contribution is -0.0621. The van der Waals surface area contributed by atoms with Gasteiger partial charge in [0.05, 0.1) is 19.3 Å². The number of hydrogen-bond acceptors (Lipinski definition) is 3. The molecule has 0 radical (unpaired) electrons. The lowest BCUT2D eigenvalue weighted by Gasteiger charge is -2.24. The van der Waals surface area contributed by atoms with Gasteiger partial charge in [-0.2, -0.15) is 0 Å². The summed E-state index contributed by atoms with van der Waals surface area (Å²) in [7, 11) is 0. The van der Waals surface area contributed by atoms with Gasteiger partial charge in [0, 0.05) is 0 Å². The number of aliphatic hydroxyl groups excluding tert-OH is 1. The zero-order chi connectivity index (χ0) is 7.19. The third-order valence-corrected chi connectivity index (χ3v) is 2.55. The fraction of sp³-hybridized carbons (Fsp3) is 1.00. The van der Waals surface area contributed by atoms with E-state index in [0.29, 0.717) is 6.61 Å². The summed E-state index contributed by atoms with van der Waals surface area (Å²) in [5, 5.41) is 9.41.